The van der Waals surface area contributed by atoms with E-state index in [-0.39, 0.29) is 0 Å². The van der Waals surface area contributed by atoms with Crippen molar-refractivity contribution in [3.63, 3.8) is 0 Å². The maximum Gasteiger partial charge on any atom is 0.245 e. The molecule has 0 unspecified atom stereocenters. The predicted molar refractivity (Wildman–Crippen MR) is 83.4 cm³/mol. The van der Waals surface area contributed by atoms with Gasteiger partial charge in [-0.1, -0.05) is 18.3 Å². The third-order valence-corrected chi connectivity index (χ3v) is 4.73. The van der Waals surface area contributed by atoms with Gasteiger partial charge in [0.05, 0.1) is 5.69 Å². The Hall–Kier alpha value is -1.54. The topological polar surface area (TPSA) is 96.6 Å². The highest BCUT2D eigenvalue weighted by atomic mass is 32.1. The van der Waals surface area contributed by atoms with E-state index in [9.17, 15) is 0 Å². The maximum atomic E-state index is 5.73. The zero-order valence-electron chi connectivity index (χ0n) is 12.4. The molecule has 1 aliphatic rings. The summed E-state index contributed by atoms with van der Waals surface area (Å²) in [4.78, 5) is 7.83. The second-order valence-electron chi connectivity index (χ2n) is 5.79. The first-order valence-electron chi connectivity index (χ1n) is 7.39. The number of hydrogen-bond donors (Lipinski definition) is 2. The summed E-state index contributed by atoms with van der Waals surface area (Å²) >= 11 is 1.37. The molecule has 0 saturated carbocycles. The summed E-state index contributed by atoms with van der Waals surface area (Å²) < 4.78 is 4.04. The van der Waals surface area contributed by atoms with Crippen LogP contribution in [-0.4, -0.2) is 44.4 Å². The lowest BCUT2D eigenvalue weighted by Crippen LogP contribution is -2.36. The Balaban J connectivity index is 1.76. The normalized spacial score (nSPS) is 16.9. The van der Waals surface area contributed by atoms with E-state index < -0.39 is 0 Å². The van der Waals surface area contributed by atoms with Crippen molar-refractivity contribution in [2.75, 3.05) is 24.5 Å². The first kappa shape index (κ1) is 14.4. The van der Waals surface area contributed by atoms with Gasteiger partial charge in [-0.2, -0.15) is 4.98 Å². The number of piperidine rings is 1. The maximum absolute atomic E-state index is 5.73. The van der Waals surface area contributed by atoms with Crippen LogP contribution in [0.25, 0.3) is 10.7 Å². The lowest BCUT2D eigenvalue weighted by Gasteiger charge is -2.30. The van der Waals surface area contributed by atoms with Crippen LogP contribution in [0.4, 0.5) is 5.95 Å². The van der Waals surface area contributed by atoms with E-state index in [1.807, 2.05) is 0 Å². The van der Waals surface area contributed by atoms with Crippen LogP contribution in [0, 0.1) is 5.92 Å². The summed E-state index contributed by atoms with van der Waals surface area (Å²) in [7, 11) is 0. The molecular weight excluding hydrogens is 286 g/mol. The largest absolute Gasteiger partial charge is 0.340 e. The van der Waals surface area contributed by atoms with Gasteiger partial charge in [-0.05, 0) is 42.8 Å². The van der Waals surface area contributed by atoms with Gasteiger partial charge in [0.25, 0.3) is 0 Å². The summed E-state index contributed by atoms with van der Waals surface area (Å²) in [6, 6.07) is 0. The molecule has 114 valence electrons. The minimum absolute atomic E-state index is 0.326. The van der Waals surface area contributed by atoms with E-state index in [4.69, 9.17) is 5.73 Å². The van der Waals surface area contributed by atoms with E-state index in [0.29, 0.717) is 11.8 Å². The molecule has 7 nitrogen and oxygen atoms in total. The summed E-state index contributed by atoms with van der Waals surface area (Å²) in [5.41, 5.74) is 6.71. The fourth-order valence-corrected chi connectivity index (χ4v) is 3.36. The smallest absolute Gasteiger partial charge is 0.245 e. The quantitative estimate of drug-likeness (QED) is 0.891. The average Bonchev–Trinajstić information content (AvgIpc) is 3.16. The number of hydrogen-bond acceptors (Lipinski definition) is 7. The van der Waals surface area contributed by atoms with Crippen LogP contribution in [-0.2, 0) is 0 Å². The molecule has 2 aromatic rings. The van der Waals surface area contributed by atoms with Crippen molar-refractivity contribution in [1.29, 1.82) is 0 Å². The lowest BCUT2D eigenvalue weighted by atomic mass is 9.97. The van der Waals surface area contributed by atoms with Gasteiger partial charge < -0.3 is 10.6 Å². The molecule has 0 spiro atoms. The van der Waals surface area contributed by atoms with Crippen LogP contribution in [0.1, 0.15) is 38.3 Å². The van der Waals surface area contributed by atoms with Crippen molar-refractivity contribution >= 4 is 17.5 Å². The Kier molecular flexibility index (Phi) is 4.16. The molecule has 8 heteroatoms. The summed E-state index contributed by atoms with van der Waals surface area (Å²) in [5, 5.41) is 11.6. The second kappa shape index (κ2) is 6.07. The molecule has 1 fully saturated rings. The molecule has 1 saturated heterocycles. The standard InChI is InChI=1S/C13H21N7S/c1-8(2)10-11(21-19-16-10)12-15-13(18-17-12)20-5-3-9(7-14)4-6-20/h8-9H,3-7,14H2,1-2H3,(H,15,17,18). The SMILES string of the molecule is CC(C)c1nnsc1-c1nc(N2CCC(CN)CC2)n[nH]1. The molecule has 3 heterocycles. The molecule has 0 bridgehead atoms. The van der Waals surface area contributed by atoms with Crippen molar-refractivity contribution in [1.82, 2.24) is 24.8 Å². The number of aromatic nitrogens is 5. The third kappa shape index (κ3) is 2.91. The highest BCUT2D eigenvalue weighted by Crippen LogP contribution is 2.29. The zero-order chi connectivity index (χ0) is 14.8. The van der Waals surface area contributed by atoms with Crippen molar-refractivity contribution < 1.29 is 0 Å². The minimum Gasteiger partial charge on any atom is -0.340 e. The van der Waals surface area contributed by atoms with Crippen LogP contribution in [0.5, 0.6) is 0 Å². The molecule has 3 N–H and O–H groups in total. The Morgan fingerprint density at radius 1 is 1.38 bits per heavy atom. The van der Waals surface area contributed by atoms with Crippen LogP contribution in [0.3, 0.4) is 0 Å². The van der Waals surface area contributed by atoms with Gasteiger partial charge in [-0.15, -0.1) is 10.2 Å². The Labute approximate surface area is 128 Å². The fourth-order valence-electron chi connectivity index (χ4n) is 2.60. The highest BCUT2D eigenvalue weighted by molar-refractivity contribution is 7.09. The minimum atomic E-state index is 0.326. The molecule has 2 aromatic heterocycles. The number of nitrogens with zero attached hydrogens (tertiary/aromatic N) is 5. The predicted octanol–water partition coefficient (Wildman–Crippen LogP) is 1.62. The summed E-state index contributed by atoms with van der Waals surface area (Å²) in [6.07, 6.45) is 2.22. The second-order valence-corrected chi connectivity index (χ2v) is 6.55. The lowest BCUT2D eigenvalue weighted by molar-refractivity contribution is 0.411. The number of rotatable bonds is 4. The average molecular weight is 307 g/mol. The molecule has 0 aliphatic carbocycles. The summed E-state index contributed by atoms with van der Waals surface area (Å²) in [6.45, 7) is 6.93. The first-order chi connectivity index (χ1) is 10.2. The number of H-pyrrole nitrogens is 1. The number of aromatic amines is 1. The zero-order valence-corrected chi connectivity index (χ0v) is 13.2. The van der Waals surface area contributed by atoms with E-state index >= 15 is 0 Å². The first-order valence-corrected chi connectivity index (χ1v) is 8.16. The third-order valence-electron chi connectivity index (χ3n) is 3.98. The van der Waals surface area contributed by atoms with Gasteiger partial charge in [0, 0.05) is 13.1 Å². The molecule has 21 heavy (non-hydrogen) atoms. The van der Waals surface area contributed by atoms with E-state index in [1.165, 1.54) is 11.5 Å². The molecule has 3 rings (SSSR count). The monoisotopic (exact) mass is 307 g/mol. The van der Waals surface area contributed by atoms with Crippen LogP contribution in [0.2, 0.25) is 0 Å². The van der Waals surface area contributed by atoms with Gasteiger partial charge in [0.2, 0.25) is 5.95 Å². The van der Waals surface area contributed by atoms with E-state index in [0.717, 1.165) is 54.8 Å². The van der Waals surface area contributed by atoms with Gasteiger partial charge >= 0.3 is 0 Å². The van der Waals surface area contributed by atoms with Crippen LogP contribution in [0.15, 0.2) is 0 Å². The van der Waals surface area contributed by atoms with Crippen molar-refractivity contribution in [3.05, 3.63) is 5.69 Å². The van der Waals surface area contributed by atoms with Gasteiger partial charge in [0.15, 0.2) is 5.82 Å². The molecular formula is C13H21N7S. The molecule has 0 amide bonds. The number of nitrogens with one attached hydrogen (secondary N) is 1. The van der Waals surface area contributed by atoms with Crippen molar-refractivity contribution in [2.24, 2.45) is 11.7 Å². The van der Waals surface area contributed by atoms with Crippen LogP contribution < -0.4 is 10.6 Å². The van der Waals surface area contributed by atoms with E-state index in [1.54, 1.807) is 0 Å². The number of nitrogens with two attached hydrogens (primary N) is 1. The molecule has 0 aromatic carbocycles. The Morgan fingerprint density at radius 3 is 2.81 bits per heavy atom. The van der Waals surface area contributed by atoms with Gasteiger partial charge in [-0.3, -0.25) is 5.10 Å². The summed E-state index contributed by atoms with van der Waals surface area (Å²) in [5.74, 6) is 2.50. The molecule has 0 atom stereocenters. The highest BCUT2D eigenvalue weighted by Gasteiger charge is 2.23. The fraction of sp³-hybridized carbons (Fsp3) is 0.692. The van der Waals surface area contributed by atoms with Crippen molar-refractivity contribution in [3.8, 4) is 10.7 Å². The van der Waals surface area contributed by atoms with Crippen molar-refractivity contribution in [2.45, 2.75) is 32.6 Å². The number of anilines is 1. The van der Waals surface area contributed by atoms with Gasteiger partial charge in [0.1, 0.15) is 4.88 Å². The Bertz CT molecular complexity index is 583. The molecule has 0 radical (unpaired) electrons. The Morgan fingerprint density at radius 2 is 2.14 bits per heavy atom. The molecule has 1 aliphatic heterocycles. The van der Waals surface area contributed by atoms with E-state index in [2.05, 4.69) is 43.5 Å². The van der Waals surface area contributed by atoms with Gasteiger partial charge in [-0.25, -0.2) is 0 Å². The van der Waals surface area contributed by atoms with Crippen LogP contribution >= 0.6 is 11.5 Å².